The van der Waals surface area contributed by atoms with Gasteiger partial charge in [-0.25, -0.2) is 4.79 Å². The number of ether oxygens (including phenoxy) is 1. The molecule has 3 N–H and O–H groups in total. The first-order valence-corrected chi connectivity index (χ1v) is 6.02. The van der Waals surface area contributed by atoms with Crippen molar-refractivity contribution in [2.75, 3.05) is 12.8 Å². The Hall–Kier alpha value is -1.56. The van der Waals surface area contributed by atoms with E-state index in [1.165, 1.54) is 7.05 Å². The molecule has 5 nitrogen and oxygen atoms in total. The molecule has 0 saturated carbocycles. The Labute approximate surface area is 104 Å². The molecule has 1 heterocycles. The normalized spacial score (nSPS) is 10.4. The van der Waals surface area contributed by atoms with Crippen molar-refractivity contribution in [3.05, 3.63) is 16.0 Å². The average molecular weight is 256 g/mol. The quantitative estimate of drug-likeness (QED) is 0.804. The first kappa shape index (κ1) is 13.5. The van der Waals surface area contributed by atoms with Crippen molar-refractivity contribution >= 4 is 28.2 Å². The van der Waals surface area contributed by atoms with Crippen LogP contribution in [0.1, 0.15) is 39.4 Å². The van der Waals surface area contributed by atoms with Crippen molar-refractivity contribution in [3.8, 4) is 0 Å². The summed E-state index contributed by atoms with van der Waals surface area (Å²) in [6, 6.07) is 0. The molecule has 17 heavy (non-hydrogen) atoms. The van der Waals surface area contributed by atoms with Gasteiger partial charge in [-0.05, 0) is 26.3 Å². The zero-order valence-corrected chi connectivity index (χ0v) is 11.1. The zero-order valence-electron chi connectivity index (χ0n) is 10.3. The summed E-state index contributed by atoms with van der Waals surface area (Å²) in [4.78, 5) is 23.8. The lowest BCUT2D eigenvalue weighted by Crippen LogP contribution is -2.18. The van der Waals surface area contributed by atoms with Crippen LogP contribution in [0.2, 0.25) is 0 Å². The fourth-order valence-electron chi connectivity index (χ4n) is 1.39. The maximum absolute atomic E-state index is 11.8. The highest BCUT2D eigenvalue weighted by Gasteiger charge is 2.24. The smallest absolute Gasteiger partial charge is 0.341 e. The number of anilines is 1. The first-order valence-electron chi connectivity index (χ1n) is 5.20. The number of nitrogen functional groups attached to an aromatic ring is 1. The molecule has 6 heteroatoms. The summed E-state index contributed by atoms with van der Waals surface area (Å²) in [6.07, 6.45) is -0.218. The standard InChI is InChI=1S/C11H16N2O3S/c1-5(2)16-11(15)7-6(3)8(10(14)13-4)17-9(7)12/h5H,12H2,1-4H3,(H,13,14). The lowest BCUT2D eigenvalue weighted by Gasteiger charge is -2.08. The summed E-state index contributed by atoms with van der Waals surface area (Å²) in [5, 5.41) is 2.82. The van der Waals surface area contributed by atoms with Crippen molar-refractivity contribution in [3.63, 3.8) is 0 Å². The monoisotopic (exact) mass is 256 g/mol. The molecule has 1 aromatic heterocycles. The van der Waals surface area contributed by atoms with Gasteiger partial charge in [0.05, 0.1) is 16.5 Å². The van der Waals surface area contributed by atoms with Crippen LogP contribution in [-0.2, 0) is 4.74 Å². The Bertz CT molecular complexity index is 452. The maximum atomic E-state index is 11.8. The summed E-state index contributed by atoms with van der Waals surface area (Å²) in [6.45, 7) is 5.21. The van der Waals surface area contributed by atoms with Gasteiger partial charge in [-0.15, -0.1) is 11.3 Å². The van der Waals surface area contributed by atoms with E-state index in [0.29, 0.717) is 21.0 Å². The number of rotatable bonds is 3. The Morgan fingerprint density at radius 2 is 2.00 bits per heavy atom. The van der Waals surface area contributed by atoms with Crippen molar-refractivity contribution in [1.29, 1.82) is 0 Å². The van der Waals surface area contributed by atoms with Crippen molar-refractivity contribution in [2.24, 2.45) is 0 Å². The molecule has 1 amide bonds. The highest BCUT2D eigenvalue weighted by molar-refractivity contribution is 7.18. The predicted octanol–water partition coefficient (Wildman–Crippen LogP) is 1.56. The third kappa shape index (κ3) is 2.76. The van der Waals surface area contributed by atoms with E-state index in [1.807, 2.05) is 0 Å². The predicted molar refractivity (Wildman–Crippen MR) is 67.4 cm³/mol. The lowest BCUT2D eigenvalue weighted by molar-refractivity contribution is 0.0379. The van der Waals surface area contributed by atoms with Crippen LogP contribution >= 0.6 is 11.3 Å². The van der Waals surface area contributed by atoms with E-state index in [4.69, 9.17) is 10.5 Å². The number of carbonyl (C=O) groups excluding carboxylic acids is 2. The lowest BCUT2D eigenvalue weighted by atomic mass is 10.1. The van der Waals surface area contributed by atoms with Crippen LogP contribution in [0.25, 0.3) is 0 Å². The van der Waals surface area contributed by atoms with Crippen LogP contribution in [0, 0.1) is 6.92 Å². The van der Waals surface area contributed by atoms with Crippen molar-refractivity contribution < 1.29 is 14.3 Å². The number of esters is 1. The molecular formula is C11H16N2O3S. The van der Waals surface area contributed by atoms with Gasteiger partial charge in [-0.1, -0.05) is 0 Å². The Kier molecular flexibility index (Phi) is 4.11. The van der Waals surface area contributed by atoms with E-state index in [-0.39, 0.29) is 12.0 Å². The van der Waals surface area contributed by atoms with Gasteiger partial charge in [0, 0.05) is 7.05 Å². The summed E-state index contributed by atoms with van der Waals surface area (Å²) in [5.41, 5.74) is 6.61. The second-order valence-electron chi connectivity index (χ2n) is 3.83. The molecule has 0 bridgehead atoms. The molecule has 1 rings (SSSR count). The van der Waals surface area contributed by atoms with Gasteiger partial charge < -0.3 is 15.8 Å². The van der Waals surface area contributed by atoms with E-state index < -0.39 is 5.97 Å². The Balaban J connectivity index is 3.13. The second kappa shape index (κ2) is 5.18. The SMILES string of the molecule is CNC(=O)c1sc(N)c(C(=O)OC(C)C)c1C. The highest BCUT2D eigenvalue weighted by Crippen LogP contribution is 2.31. The summed E-state index contributed by atoms with van der Waals surface area (Å²) >= 11 is 1.09. The van der Waals surface area contributed by atoms with E-state index in [1.54, 1.807) is 20.8 Å². The van der Waals surface area contributed by atoms with Crippen LogP contribution in [0.3, 0.4) is 0 Å². The molecule has 0 fully saturated rings. The average Bonchev–Trinajstić information content (AvgIpc) is 2.52. The largest absolute Gasteiger partial charge is 0.459 e. The van der Waals surface area contributed by atoms with Crippen LogP contribution in [0.15, 0.2) is 0 Å². The minimum absolute atomic E-state index is 0.218. The topological polar surface area (TPSA) is 81.4 Å². The molecule has 0 aliphatic heterocycles. The first-order chi connectivity index (χ1) is 7.88. The molecule has 0 aliphatic carbocycles. The van der Waals surface area contributed by atoms with Crippen molar-refractivity contribution in [1.82, 2.24) is 5.32 Å². The van der Waals surface area contributed by atoms with Crippen LogP contribution in [0.4, 0.5) is 5.00 Å². The van der Waals surface area contributed by atoms with Crippen LogP contribution in [-0.4, -0.2) is 25.0 Å². The third-order valence-corrected chi connectivity index (χ3v) is 3.27. The molecule has 0 aliphatic rings. The molecule has 0 aromatic carbocycles. The molecule has 0 saturated heterocycles. The molecule has 94 valence electrons. The summed E-state index contributed by atoms with van der Waals surface area (Å²) in [7, 11) is 1.53. The van der Waals surface area contributed by atoms with Gasteiger partial charge in [-0.3, -0.25) is 4.79 Å². The minimum Gasteiger partial charge on any atom is -0.459 e. The maximum Gasteiger partial charge on any atom is 0.341 e. The summed E-state index contributed by atoms with van der Waals surface area (Å²) < 4.78 is 5.08. The van der Waals surface area contributed by atoms with Gasteiger partial charge in [0.15, 0.2) is 0 Å². The molecule has 1 aromatic rings. The number of nitrogens with two attached hydrogens (primary N) is 1. The zero-order chi connectivity index (χ0) is 13.2. The van der Waals surface area contributed by atoms with Gasteiger partial charge in [0.25, 0.3) is 5.91 Å². The van der Waals surface area contributed by atoms with E-state index in [9.17, 15) is 9.59 Å². The van der Waals surface area contributed by atoms with Gasteiger partial charge in [-0.2, -0.15) is 0 Å². The fourth-order valence-corrected chi connectivity index (χ4v) is 2.40. The van der Waals surface area contributed by atoms with Crippen LogP contribution < -0.4 is 11.1 Å². The van der Waals surface area contributed by atoms with Gasteiger partial charge in [0.1, 0.15) is 5.00 Å². The van der Waals surface area contributed by atoms with E-state index >= 15 is 0 Å². The summed E-state index contributed by atoms with van der Waals surface area (Å²) in [5.74, 6) is -0.732. The van der Waals surface area contributed by atoms with Crippen LogP contribution in [0.5, 0.6) is 0 Å². The fraction of sp³-hybridized carbons (Fsp3) is 0.455. The van der Waals surface area contributed by atoms with E-state index in [2.05, 4.69) is 5.32 Å². The Morgan fingerprint density at radius 3 is 2.47 bits per heavy atom. The van der Waals surface area contributed by atoms with Gasteiger partial charge >= 0.3 is 5.97 Å². The Morgan fingerprint density at radius 1 is 1.41 bits per heavy atom. The molecule has 0 unspecified atom stereocenters. The molecule has 0 atom stereocenters. The number of carbonyl (C=O) groups is 2. The van der Waals surface area contributed by atoms with Crippen molar-refractivity contribution in [2.45, 2.75) is 26.9 Å². The number of thiophene rings is 1. The molecule has 0 spiro atoms. The number of hydrogen-bond acceptors (Lipinski definition) is 5. The third-order valence-electron chi connectivity index (χ3n) is 2.15. The number of amides is 1. The van der Waals surface area contributed by atoms with Gasteiger partial charge in [0.2, 0.25) is 0 Å². The molecule has 0 radical (unpaired) electrons. The second-order valence-corrected chi connectivity index (χ2v) is 4.88. The molecular weight excluding hydrogens is 240 g/mol. The number of nitrogens with one attached hydrogen (secondary N) is 1. The van der Waals surface area contributed by atoms with E-state index in [0.717, 1.165) is 11.3 Å². The minimum atomic E-state index is -0.485. The number of hydrogen-bond donors (Lipinski definition) is 2. The highest BCUT2D eigenvalue weighted by atomic mass is 32.1.